The summed E-state index contributed by atoms with van der Waals surface area (Å²) in [6.07, 6.45) is 0.929. The van der Waals surface area contributed by atoms with Gasteiger partial charge in [0.1, 0.15) is 0 Å². The van der Waals surface area contributed by atoms with E-state index in [1.807, 2.05) is 6.92 Å². The molecular weight excluding hydrogens is 268 g/mol. The van der Waals surface area contributed by atoms with Gasteiger partial charge in [0.25, 0.3) is 5.91 Å². The molecule has 9 heteroatoms. The van der Waals surface area contributed by atoms with E-state index >= 15 is 0 Å². The summed E-state index contributed by atoms with van der Waals surface area (Å²) in [5, 5.41) is 18.5. The number of thioether (sulfide) groups is 1. The normalized spacial score (nSPS) is 18.0. The highest BCUT2D eigenvalue weighted by molar-refractivity contribution is 7.99. The van der Waals surface area contributed by atoms with Crippen LogP contribution < -0.4 is 5.32 Å². The Morgan fingerprint density at radius 2 is 2.47 bits per heavy atom. The molecule has 0 saturated carbocycles. The van der Waals surface area contributed by atoms with Crippen LogP contribution in [0.15, 0.2) is 10.3 Å². The van der Waals surface area contributed by atoms with Crippen LogP contribution in [0.1, 0.15) is 19.8 Å². The quantitative estimate of drug-likeness (QED) is 0.582. The maximum atomic E-state index is 11.8. The van der Waals surface area contributed by atoms with E-state index in [0.29, 0.717) is 18.7 Å². The molecule has 1 N–H and O–H groups in total. The molecule has 0 unspecified atom stereocenters. The standard InChI is InChI=1S/C10H16N6O2S/c1-3-7-6-8(18-13-7)9(17)11-4-5-19-10-12-14-15-16(10)2/h8H,3-6H2,1-2H3,(H,11,17)/t8-/m1/s1. The molecule has 1 amide bonds. The molecule has 0 bridgehead atoms. The number of rotatable bonds is 6. The van der Waals surface area contributed by atoms with Gasteiger partial charge in [0.05, 0.1) is 5.71 Å². The first-order chi connectivity index (χ1) is 9.20. The Labute approximate surface area is 114 Å². The monoisotopic (exact) mass is 284 g/mol. The average molecular weight is 284 g/mol. The topological polar surface area (TPSA) is 94.3 Å². The molecule has 0 spiro atoms. The summed E-state index contributed by atoms with van der Waals surface area (Å²) in [6.45, 7) is 2.53. The van der Waals surface area contributed by atoms with Crippen LogP contribution in [0, 0.1) is 0 Å². The SMILES string of the molecule is CCC1=NO[C@@H](C(=O)NCCSc2nnnn2C)C1. The summed E-state index contributed by atoms with van der Waals surface area (Å²) in [5.41, 5.74) is 0.930. The minimum Gasteiger partial charge on any atom is -0.382 e. The second-order valence-electron chi connectivity index (χ2n) is 4.03. The van der Waals surface area contributed by atoms with E-state index < -0.39 is 6.10 Å². The summed E-state index contributed by atoms with van der Waals surface area (Å²) >= 11 is 1.49. The minimum atomic E-state index is -0.476. The second kappa shape index (κ2) is 6.50. The summed E-state index contributed by atoms with van der Waals surface area (Å²) in [6, 6.07) is 0. The van der Waals surface area contributed by atoms with E-state index in [1.54, 1.807) is 11.7 Å². The fraction of sp³-hybridized carbons (Fsp3) is 0.700. The van der Waals surface area contributed by atoms with E-state index in [4.69, 9.17) is 4.84 Å². The van der Waals surface area contributed by atoms with E-state index in [1.165, 1.54) is 11.8 Å². The third kappa shape index (κ3) is 3.66. The zero-order valence-corrected chi connectivity index (χ0v) is 11.7. The second-order valence-corrected chi connectivity index (χ2v) is 5.10. The molecule has 2 rings (SSSR count). The van der Waals surface area contributed by atoms with Crippen molar-refractivity contribution in [3.8, 4) is 0 Å². The van der Waals surface area contributed by atoms with E-state index in [9.17, 15) is 4.79 Å². The van der Waals surface area contributed by atoms with Gasteiger partial charge in [-0.15, -0.1) is 5.10 Å². The summed E-state index contributed by atoms with van der Waals surface area (Å²) in [5.74, 6) is 0.581. The molecule has 0 aromatic carbocycles. The van der Waals surface area contributed by atoms with Gasteiger partial charge in [0, 0.05) is 25.8 Å². The van der Waals surface area contributed by atoms with Crippen molar-refractivity contribution in [3.63, 3.8) is 0 Å². The van der Waals surface area contributed by atoms with Crippen molar-refractivity contribution < 1.29 is 9.63 Å². The number of amides is 1. The molecule has 19 heavy (non-hydrogen) atoms. The van der Waals surface area contributed by atoms with Crippen molar-refractivity contribution in [2.75, 3.05) is 12.3 Å². The van der Waals surface area contributed by atoms with Crippen molar-refractivity contribution in [3.05, 3.63) is 0 Å². The first-order valence-electron chi connectivity index (χ1n) is 6.05. The maximum absolute atomic E-state index is 11.8. The first-order valence-corrected chi connectivity index (χ1v) is 7.03. The number of aromatic nitrogens is 4. The van der Waals surface area contributed by atoms with E-state index in [2.05, 4.69) is 26.0 Å². The predicted molar refractivity (Wildman–Crippen MR) is 69.7 cm³/mol. The molecule has 0 saturated heterocycles. The average Bonchev–Trinajstić information content (AvgIpc) is 3.03. The molecule has 1 aromatic heterocycles. The maximum Gasteiger partial charge on any atom is 0.264 e. The van der Waals surface area contributed by atoms with Gasteiger partial charge in [-0.05, 0) is 16.8 Å². The van der Waals surface area contributed by atoms with Crippen LogP contribution in [-0.2, 0) is 16.7 Å². The highest BCUT2D eigenvalue weighted by atomic mass is 32.2. The van der Waals surface area contributed by atoms with Crippen LogP contribution in [0.5, 0.6) is 0 Å². The van der Waals surface area contributed by atoms with Crippen LogP contribution >= 0.6 is 11.8 Å². The zero-order valence-electron chi connectivity index (χ0n) is 10.9. The lowest BCUT2D eigenvalue weighted by atomic mass is 10.1. The number of nitrogens with one attached hydrogen (secondary N) is 1. The number of tetrazole rings is 1. The van der Waals surface area contributed by atoms with Crippen LogP contribution in [0.2, 0.25) is 0 Å². The molecule has 8 nitrogen and oxygen atoms in total. The Bertz CT molecular complexity index is 474. The van der Waals surface area contributed by atoms with Gasteiger partial charge in [0.15, 0.2) is 0 Å². The van der Waals surface area contributed by atoms with Crippen molar-refractivity contribution >= 4 is 23.4 Å². The van der Waals surface area contributed by atoms with Gasteiger partial charge < -0.3 is 10.2 Å². The molecule has 0 radical (unpaired) electrons. The summed E-state index contributed by atoms with van der Waals surface area (Å²) in [4.78, 5) is 16.8. The first kappa shape index (κ1) is 13.8. The Morgan fingerprint density at radius 1 is 1.63 bits per heavy atom. The van der Waals surface area contributed by atoms with Gasteiger partial charge in [-0.2, -0.15) is 0 Å². The van der Waals surface area contributed by atoms with Crippen LogP contribution in [0.4, 0.5) is 0 Å². The number of hydrogen-bond acceptors (Lipinski definition) is 7. The lowest BCUT2D eigenvalue weighted by molar-refractivity contribution is -0.131. The van der Waals surface area contributed by atoms with Crippen molar-refractivity contribution in [1.29, 1.82) is 0 Å². The zero-order chi connectivity index (χ0) is 13.7. The fourth-order valence-corrected chi connectivity index (χ4v) is 2.25. The molecule has 1 atom stereocenters. The Hall–Kier alpha value is -1.64. The molecule has 0 aliphatic carbocycles. The molecule has 0 fully saturated rings. The molecule has 2 heterocycles. The van der Waals surface area contributed by atoms with Crippen molar-refractivity contribution in [2.24, 2.45) is 12.2 Å². The van der Waals surface area contributed by atoms with Crippen molar-refractivity contribution in [1.82, 2.24) is 25.5 Å². The number of oxime groups is 1. The molecule has 1 aromatic rings. The highest BCUT2D eigenvalue weighted by Gasteiger charge is 2.26. The minimum absolute atomic E-state index is 0.121. The number of carbonyl (C=O) groups excluding carboxylic acids is 1. The molecule has 104 valence electrons. The van der Waals surface area contributed by atoms with Gasteiger partial charge in [-0.1, -0.05) is 23.8 Å². The number of hydrogen-bond donors (Lipinski definition) is 1. The Morgan fingerprint density at radius 3 is 3.11 bits per heavy atom. The number of carbonyl (C=O) groups is 1. The Balaban J connectivity index is 1.64. The lowest BCUT2D eigenvalue weighted by Crippen LogP contribution is -2.36. The van der Waals surface area contributed by atoms with Crippen molar-refractivity contribution in [2.45, 2.75) is 31.0 Å². The van der Waals surface area contributed by atoms with Gasteiger partial charge in [-0.3, -0.25) is 4.79 Å². The number of nitrogens with zero attached hydrogens (tertiary/aromatic N) is 5. The third-order valence-electron chi connectivity index (χ3n) is 2.64. The Kier molecular flexibility index (Phi) is 4.72. The smallest absolute Gasteiger partial charge is 0.264 e. The highest BCUT2D eigenvalue weighted by Crippen LogP contribution is 2.13. The van der Waals surface area contributed by atoms with Gasteiger partial charge in [0.2, 0.25) is 11.3 Å². The molecule has 1 aliphatic rings. The molecular formula is C10H16N6O2S. The third-order valence-corrected chi connectivity index (χ3v) is 3.66. The number of aryl methyl sites for hydroxylation is 1. The van der Waals surface area contributed by atoms with E-state index in [-0.39, 0.29) is 5.91 Å². The fourth-order valence-electron chi connectivity index (χ4n) is 1.55. The predicted octanol–water partition coefficient (Wildman–Crippen LogP) is -0.0267. The van der Waals surface area contributed by atoms with E-state index in [0.717, 1.165) is 17.3 Å². The summed E-state index contributed by atoms with van der Waals surface area (Å²) in [7, 11) is 1.77. The van der Waals surface area contributed by atoms with Gasteiger partial charge >= 0.3 is 0 Å². The van der Waals surface area contributed by atoms with Crippen LogP contribution in [0.3, 0.4) is 0 Å². The van der Waals surface area contributed by atoms with Crippen LogP contribution in [0.25, 0.3) is 0 Å². The molecule has 1 aliphatic heterocycles. The van der Waals surface area contributed by atoms with Crippen LogP contribution in [-0.4, -0.2) is 50.2 Å². The summed E-state index contributed by atoms with van der Waals surface area (Å²) < 4.78 is 1.59. The lowest BCUT2D eigenvalue weighted by Gasteiger charge is -2.08. The van der Waals surface area contributed by atoms with Gasteiger partial charge in [-0.25, -0.2) is 4.68 Å². The largest absolute Gasteiger partial charge is 0.382 e.